The van der Waals surface area contributed by atoms with Crippen molar-refractivity contribution in [1.29, 1.82) is 0 Å². The monoisotopic (exact) mass is 301 g/mol. The summed E-state index contributed by atoms with van der Waals surface area (Å²) in [5.41, 5.74) is 0. The van der Waals surface area contributed by atoms with Gasteiger partial charge in [-0.15, -0.1) is 0 Å². The fraction of sp³-hybridized carbons (Fsp3) is 0.583. The van der Waals surface area contributed by atoms with Crippen LogP contribution in [0, 0.1) is 0 Å². The van der Waals surface area contributed by atoms with Gasteiger partial charge in [0.05, 0.1) is 13.1 Å². The van der Waals surface area contributed by atoms with Crippen molar-refractivity contribution in [2.24, 2.45) is 0 Å². The lowest BCUT2D eigenvalue weighted by atomic mass is 10.4. The van der Waals surface area contributed by atoms with Crippen molar-refractivity contribution < 1.29 is 18.4 Å². The number of halogens is 2. The minimum atomic E-state index is -2.67. The van der Waals surface area contributed by atoms with E-state index in [0.717, 1.165) is 17.4 Å². The van der Waals surface area contributed by atoms with Crippen molar-refractivity contribution in [3.8, 4) is 0 Å². The fourth-order valence-corrected chi connectivity index (χ4v) is 1.80. The molecule has 1 saturated carbocycles. The molecule has 1 aromatic rings. The summed E-state index contributed by atoms with van der Waals surface area (Å²) in [6.07, 6.45) is 4.31. The summed E-state index contributed by atoms with van der Waals surface area (Å²) in [6.45, 7) is -2.68. The minimum Gasteiger partial charge on any atom is -0.335 e. The number of aromatic nitrogens is 2. The molecule has 21 heavy (non-hydrogen) atoms. The largest absolute Gasteiger partial charge is 0.335 e. The lowest BCUT2D eigenvalue weighted by molar-refractivity contribution is -0.121. The number of carbonyl (C=O) groups excluding carboxylic acids is 2. The van der Waals surface area contributed by atoms with Gasteiger partial charge in [-0.05, 0) is 19.9 Å². The summed E-state index contributed by atoms with van der Waals surface area (Å²) in [7, 11) is 1.59. The zero-order chi connectivity index (χ0) is 15.4. The number of rotatable bonds is 6. The maximum Gasteiger partial charge on any atom is 0.321 e. The van der Waals surface area contributed by atoms with E-state index in [-0.39, 0.29) is 25.0 Å². The molecule has 7 nitrogen and oxygen atoms in total. The molecule has 2 N–H and O–H groups in total. The molecule has 1 heterocycles. The van der Waals surface area contributed by atoms with Gasteiger partial charge in [0.25, 0.3) is 0 Å². The lowest BCUT2D eigenvalue weighted by Crippen LogP contribution is -2.44. The molecule has 2 rings (SSSR count). The smallest absolute Gasteiger partial charge is 0.321 e. The van der Waals surface area contributed by atoms with Gasteiger partial charge in [0.2, 0.25) is 5.91 Å². The maximum absolute atomic E-state index is 12.6. The van der Waals surface area contributed by atoms with E-state index in [2.05, 4.69) is 15.6 Å². The van der Waals surface area contributed by atoms with E-state index in [1.54, 1.807) is 7.05 Å². The summed E-state index contributed by atoms with van der Waals surface area (Å²) in [6, 6.07) is -0.362. The number of imide groups is 1. The highest BCUT2D eigenvalue weighted by Gasteiger charge is 2.24. The van der Waals surface area contributed by atoms with Gasteiger partial charge in [0.1, 0.15) is 5.82 Å². The Morgan fingerprint density at radius 2 is 2.24 bits per heavy atom. The number of likely N-dealkylation sites (N-methyl/N-ethyl adjacent to an activating group) is 1. The van der Waals surface area contributed by atoms with Crippen molar-refractivity contribution in [3.05, 3.63) is 18.2 Å². The molecule has 0 bridgehead atoms. The van der Waals surface area contributed by atoms with E-state index in [1.165, 1.54) is 17.3 Å². The van der Waals surface area contributed by atoms with E-state index in [9.17, 15) is 18.4 Å². The Morgan fingerprint density at radius 3 is 2.86 bits per heavy atom. The molecule has 0 spiro atoms. The minimum absolute atomic E-state index is 0.0784. The maximum atomic E-state index is 12.6. The van der Waals surface area contributed by atoms with Gasteiger partial charge in [0.15, 0.2) is 0 Å². The molecular formula is C12H17F2N5O2. The van der Waals surface area contributed by atoms with Crippen molar-refractivity contribution in [3.63, 3.8) is 0 Å². The Labute approximate surface area is 120 Å². The lowest BCUT2D eigenvalue weighted by Gasteiger charge is -2.16. The quantitative estimate of drug-likeness (QED) is 0.810. The molecular weight excluding hydrogens is 284 g/mol. The summed E-state index contributed by atoms with van der Waals surface area (Å²) in [5, 5.41) is 4.82. The molecule has 1 fully saturated rings. The first-order valence-electron chi connectivity index (χ1n) is 6.54. The molecule has 1 aliphatic rings. The van der Waals surface area contributed by atoms with Crippen LogP contribution in [-0.2, 0) is 11.3 Å². The average Bonchev–Trinajstić information content (AvgIpc) is 3.04. The van der Waals surface area contributed by atoms with Crippen LogP contribution in [0.5, 0.6) is 0 Å². The topological polar surface area (TPSA) is 79.3 Å². The SMILES string of the molecule is CN(CC(=O)NC(=O)NC1CC1)Cc1nccn1C(F)F. The second kappa shape index (κ2) is 6.61. The first-order valence-corrected chi connectivity index (χ1v) is 6.54. The van der Waals surface area contributed by atoms with Crippen LogP contribution in [0.2, 0.25) is 0 Å². The van der Waals surface area contributed by atoms with Crippen LogP contribution in [0.4, 0.5) is 13.6 Å². The molecule has 0 atom stereocenters. The molecule has 116 valence electrons. The number of alkyl halides is 2. The number of urea groups is 1. The molecule has 0 saturated heterocycles. The molecule has 1 aliphatic carbocycles. The van der Waals surface area contributed by atoms with E-state index < -0.39 is 18.5 Å². The highest BCUT2D eigenvalue weighted by Crippen LogP contribution is 2.18. The van der Waals surface area contributed by atoms with E-state index in [4.69, 9.17) is 0 Å². The van der Waals surface area contributed by atoms with Crippen LogP contribution in [0.1, 0.15) is 25.2 Å². The van der Waals surface area contributed by atoms with Gasteiger partial charge in [0, 0.05) is 18.4 Å². The van der Waals surface area contributed by atoms with Gasteiger partial charge in [-0.25, -0.2) is 9.78 Å². The number of amides is 3. The van der Waals surface area contributed by atoms with Crippen molar-refractivity contribution in [2.45, 2.75) is 32.0 Å². The Balaban J connectivity index is 1.77. The highest BCUT2D eigenvalue weighted by molar-refractivity contribution is 5.95. The van der Waals surface area contributed by atoms with Crippen molar-refractivity contribution in [2.75, 3.05) is 13.6 Å². The van der Waals surface area contributed by atoms with E-state index in [0.29, 0.717) is 0 Å². The normalized spacial score (nSPS) is 14.5. The summed E-state index contributed by atoms with van der Waals surface area (Å²) < 4.78 is 26.0. The van der Waals surface area contributed by atoms with Crippen LogP contribution < -0.4 is 10.6 Å². The number of carbonyl (C=O) groups is 2. The Morgan fingerprint density at radius 1 is 1.52 bits per heavy atom. The van der Waals surface area contributed by atoms with Crippen LogP contribution in [0.3, 0.4) is 0 Å². The Hall–Kier alpha value is -2.03. The first kappa shape index (κ1) is 15.4. The van der Waals surface area contributed by atoms with E-state index in [1.807, 2.05) is 0 Å². The molecule has 1 aromatic heterocycles. The Bertz CT molecular complexity index is 516. The Kier molecular flexibility index (Phi) is 4.84. The number of hydrogen-bond acceptors (Lipinski definition) is 4. The summed E-state index contributed by atoms with van der Waals surface area (Å²) in [5.74, 6) is -0.339. The van der Waals surface area contributed by atoms with Gasteiger partial charge < -0.3 is 5.32 Å². The molecule has 9 heteroatoms. The van der Waals surface area contributed by atoms with Crippen molar-refractivity contribution in [1.82, 2.24) is 25.1 Å². The molecule has 0 radical (unpaired) electrons. The number of hydrogen-bond donors (Lipinski definition) is 2. The van der Waals surface area contributed by atoms with Crippen LogP contribution in [0.25, 0.3) is 0 Å². The third-order valence-electron chi connectivity index (χ3n) is 2.95. The summed E-state index contributed by atoms with van der Waals surface area (Å²) >= 11 is 0. The average molecular weight is 301 g/mol. The highest BCUT2D eigenvalue weighted by atomic mass is 19.3. The first-order chi connectivity index (χ1) is 9.95. The number of nitrogens with zero attached hydrogens (tertiary/aromatic N) is 3. The zero-order valence-electron chi connectivity index (χ0n) is 11.6. The molecule has 0 aliphatic heterocycles. The van der Waals surface area contributed by atoms with Gasteiger partial charge >= 0.3 is 12.6 Å². The van der Waals surface area contributed by atoms with Gasteiger partial charge in [-0.1, -0.05) is 0 Å². The van der Waals surface area contributed by atoms with E-state index >= 15 is 0 Å². The number of imidazole rings is 1. The second-order valence-corrected chi connectivity index (χ2v) is 5.00. The third kappa shape index (κ3) is 4.78. The zero-order valence-corrected chi connectivity index (χ0v) is 11.6. The molecule has 0 unspecified atom stereocenters. The van der Waals surface area contributed by atoms with Crippen LogP contribution >= 0.6 is 0 Å². The standard InChI is InChI=1S/C12H17F2N5O2/c1-18(6-9-15-4-5-19(9)11(13)14)7-10(20)17-12(21)16-8-2-3-8/h4-5,8,11H,2-3,6-7H2,1H3,(H2,16,17,20,21). The second-order valence-electron chi connectivity index (χ2n) is 5.00. The van der Waals surface area contributed by atoms with Crippen molar-refractivity contribution >= 4 is 11.9 Å². The van der Waals surface area contributed by atoms with Crippen LogP contribution in [0.15, 0.2) is 12.4 Å². The predicted octanol–water partition coefficient (Wildman–Crippen LogP) is 0.698. The molecule has 3 amide bonds. The predicted molar refractivity (Wildman–Crippen MR) is 69.5 cm³/mol. The summed E-state index contributed by atoms with van der Waals surface area (Å²) in [4.78, 5) is 28.3. The van der Waals surface area contributed by atoms with Gasteiger partial charge in [-0.2, -0.15) is 8.78 Å². The third-order valence-corrected chi connectivity index (χ3v) is 2.95. The fourth-order valence-electron chi connectivity index (χ4n) is 1.80. The molecule has 0 aromatic carbocycles. The van der Waals surface area contributed by atoms with Gasteiger partial charge in [-0.3, -0.25) is 19.6 Å². The van der Waals surface area contributed by atoms with Crippen LogP contribution in [-0.4, -0.2) is 46.0 Å². The number of nitrogens with one attached hydrogen (secondary N) is 2.